The van der Waals surface area contributed by atoms with Crippen molar-refractivity contribution in [1.82, 2.24) is 14.3 Å². The normalized spacial score (nSPS) is 17.2. The van der Waals surface area contributed by atoms with Gasteiger partial charge in [-0.2, -0.15) is 4.31 Å². The maximum Gasteiger partial charge on any atom is 0.211 e. The molecule has 0 atom stereocenters. The number of nitrogens with one attached hydrogen (secondary N) is 1. The zero-order valence-corrected chi connectivity index (χ0v) is 18.2. The minimum atomic E-state index is -3.26. The lowest BCUT2D eigenvalue weighted by Crippen LogP contribution is -2.42. The van der Waals surface area contributed by atoms with Gasteiger partial charge in [-0.15, -0.1) is 0 Å². The summed E-state index contributed by atoms with van der Waals surface area (Å²) < 4.78 is 44.8. The number of fused-ring (bicyclic) bond motifs is 1. The molecule has 0 fully saturated rings. The van der Waals surface area contributed by atoms with Crippen molar-refractivity contribution in [2.45, 2.75) is 13.8 Å². The average Bonchev–Trinajstić information content (AvgIpc) is 3.10. The predicted molar refractivity (Wildman–Crippen MR) is 116 cm³/mol. The number of rotatable bonds is 4. The van der Waals surface area contributed by atoms with Crippen molar-refractivity contribution >= 4 is 26.6 Å². The molecule has 30 heavy (non-hydrogen) atoms. The van der Waals surface area contributed by atoms with E-state index in [1.165, 1.54) is 22.7 Å². The number of aromatic nitrogens is 2. The Labute approximate surface area is 175 Å². The smallest absolute Gasteiger partial charge is 0.211 e. The van der Waals surface area contributed by atoms with E-state index in [4.69, 9.17) is 4.74 Å². The first-order valence-corrected chi connectivity index (χ1v) is 11.4. The standard InChI is InChI=1S/C22H24FN3O3S/c1-22(2)13-26(30(4,27)28)10-8-18(22)19-12-17-15(7-9-24-21(17)25-19)16-11-14(23)5-6-20(16)29-3/h5-9,11-12H,10,13H2,1-4H3,(H,24,25). The fourth-order valence-corrected chi connectivity index (χ4v) is 4.99. The number of hydrogen-bond donors (Lipinski definition) is 1. The van der Waals surface area contributed by atoms with Crippen LogP contribution in [-0.4, -0.2) is 49.1 Å². The summed E-state index contributed by atoms with van der Waals surface area (Å²) in [7, 11) is -1.71. The quantitative estimate of drug-likeness (QED) is 0.679. The predicted octanol–water partition coefficient (Wildman–Crippen LogP) is 4.06. The number of H-pyrrole nitrogens is 1. The third-order valence-electron chi connectivity index (χ3n) is 5.54. The molecule has 0 amide bonds. The van der Waals surface area contributed by atoms with Crippen LogP contribution in [0.2, 0.25) is 0 Å². The highest BCUT2D eigenvalue weighted by atomic mass is 32.2. The summed E-state index contributed by atoms with van der Waals surface area (Å²) in [5.41, 5.74) is 3.65. The maximum absolute atomic E-state index is 14.0. The van der Waals surface area contributed by atoms with Gasteiger partial charge < -0.3 is 9.72 Å². The number of nitrogens with zero attached hydrogens (tertiary/aromatic N) is 2. The number of ether oxygens (including phenoxy) is 1. The molecule has 1 aromatic carbocycles. The van der Waals surface area contributed by atoms with Crippen LogP contribution < -0.4 is 4.74 Å². The first-order valence-electron chi connectivity index (χ1n) is 9.58. The van der Waals surface area contributed by atoms with Crippen LogP contribution in [0.15, 0.2) is 42.6 Å². The lowest BCUT2D eigenvalue weighted by molar-refractivity contribution is 0.325. The SMILES string of the molecule is COc1ccc(F)cc1-c1ccnc2[nH]c(C3=CCN(S(C)(=O)=O)CC3(C)C)cc12. The second-order valence-corrected chi connectivity index (χ2v) is 10.2. The van der Waals surface area contributed by atoms with Crippen LogP contribution in [0.3, 0.4) is 0 Å². The highest BCUT2D eigenvalue weighted by Crippen LogP contribution is 2.41. The van der Waals surface area contributed by atoms with E-state index in [1.54, 1.807) is 19.4 Å². The molecule has 0 spiro atoms. The minimum Gasteiger partial charge on any atom is -0.496 e. The largest absolute Gasteiger partial charge is 0.496 e. The lowest BCUT2D eigenvalue weighted by atomic mass is 9.80. The van der Waals surface area contributed by atoms with Crippen LogP contribution in [0.1, 0.15) is 19.5 Å². The summed E-state index contributed by atoms with van der Waals surface area (Å²) in [6.07, 6.45) is 4.85. The van der Waals surface area contributed by atoms with Crippen molar-refractivity contribution in [3.05, 3.63) is 54.1 Å². The summed E-state index contributed by atoms with van der Waals surface area (Å²) in [6, 6.07) is 8.26. The van der Waals surface area contributed by atoms with E-state index in [-0.39, 0.29) is 11.2 Å². The maximum atomic E-state index is 14.0. The van der Waals surface area contributed by atoms with Gasteiger partial charge in [-0.1, -0.05) is 19.9 Å². The van der Waals surface area contributed by atoms with Gasteiger partial charge in [0.15, 0.2) is 0 Å². The third kappa shape index (κ3) is 3.61. The highest BCUT2D eigenvalue weighted by Gasteiger charge is 2.35. The van der Waals surface area contributed by atoms with Gasteiger partial charge in [0.25, 0.3) is 0 Å². The monoisotopic (exact) mass is 429 g/mol. The Morgan fingerprint density at radius 1 is 1.20 bits per heavy atom. The Kier molecular flexibility index (Phi) is 4.94. The fraction of sp³-hybridized carbons (Fsp3) is 0.318. The van der Waals surface area contributed by atoms with Crippen molar-refractivity contribution in [3.63, 3.8) is 0 Å². The number of methoxy groups -OCH3 is 1. The van der Waals surface area contributed by atoms with Gasteiger partial charge in [-0.25, -0.2) is 17.8 Å². The Morgan fingerprint density at radius 2 is 1.97 bits per heavy atom. The second kappa shape index (κ2) is 7.21. The van der Waals surface area contributed by atoms with Gasteiger partial charge in [-0.3, -0.25) is 0 Å². The number of sulfonamides is 1. The van der Waals surface area contributed by atoms with Crippen LogP contribution in [-0.2, 0) is 10.0 Å². The third-order valence-corrected chi connectivity index (χ3v) is 6.76. The van der Waals surface area contributed by atoms with Crippen LogP contribution in [0, 0.1) is 11.2 Å². The minimum absolute atomic E-state index is 0.324. The molecule has 4 rings (SSSR count). The van der Waals surface area contributed by atoms with Crippen molar-refractivity contribution in [2.24, 2.45) is 5.41 Å². The first-order chi connectivity index (χ1) is 14.1. The number of aromatic amines is 1. The van der Waals surface area contributed by atoms with Gasteiger partial charge in [0.1, 0.15) is 17.2 Å². The van der Waals surface area contributed by atoms with Gasteiger partial charge >= 0.3 is 0 Å². The van der Waals surface area contributed by atoms with Crippen molar-refractivity contribution < 1.29 is 17.5 Å². The molecule has 1 aliphatic rings. The molecule has 2 aromatic heterocycles. The summed E-state index contributed by atoms with van der Waals surface area (Å²) in [5.74, 6) is 0.233. The zero-order chi connectivity index (χ0) is 21.7. The zero-order valence-electron chi connectivity index (χ0n) is 17.4. The van der Waals surface area contributed by atoms with Gasteiger partial charge in [-0.05, 0) is 41.5 Å². The van der Waals surface area contributed by atoms with E-state index in [9.17, 15) is 12.8 Å². The highest BCUT2D eigenvalue weighted by molar-refractivity contribution is 7.88. The number of pyridine rings is 1. The van der Waals surface area contributed by atoms with Crippen LogP contribution in [0.5, 0.6) is 5.75 Å². The lowest BCUT2D eigenvalue weighted by Gasteiger charge is -2.37. The first kappa shape index (κ1) is 20.6. The summed E-state index contributed by atoms with van der Waals surface area (Å²) >= 11 is 0. The molecular formula is C22H24FN3O3S. The summed E-state index contributed by atoms with van der Waals surface area (Å²) in [6.45, 7) is 4.76. The Hall–Kier alpha value is -2.71. The van der Waals surface area contributed by atoms with E-state index in [0.717, 1.165) is 22.2 Å². The van der Waals surface area contributed by atoms with Gasteiger partial charge in [0, 0.05) is 41.3 Å². The van der Waals surface area contributed by atoms with Crippen molar-refractivity contribution in [1.29, 1.82) is 0 Å². The number of hydrogen-bond acceptors (Lipinski definition) is 4. The molecule has 1 N–H and O–H groups in total. The van der Waals surface area contributed by atoms with Crippen molar-refractivity contribution in [3.8, 4) is 16.9 Å². The molecule has 0 radical (unpaired) electrons. The molecule has 1 aliphatic heterocycles. The Balaban J connectivity index is 1.84. The molecule has 3 heterocycles. The molecule has 8 heteroatoms. The molecule has 0 saturated carbocycles. The van der Waals surface area contributed by atoms with E-state index in [0.29, 0.717) is 30.0 Å². The summed E-state index contributed by atoms with van der Waals surface area (Å²) in [4.78, 5) is 7.79. The Morgan fingerprint density at radius 3 is 2.63 bits per heavy atom. The average molecular weight is 430 g/mol. The van der Waals surface area contributed by atoms with Gasteiger partial charge in [0.05, 0.1) is 13.4 Å². The van der Waals surface area contributed by atoms with Gasteiger partial charge in [0.2, 0.25) is 10.0 Å². The van der Waals surface area contributed by atoms with Crippen LogP contribution in [0.25, 0.3) is 27.7 Å². The summed E-state index contributed by atoms with van der Waals surface area (Å²) in [5, 5.41) is 0.846. The topological polar surface area (TPSA) is 75.3 Å². The second-order valence-electron chi connectivity index (χ2n) is 8.21. The molecule has 158 valence electrons. The molecule has 3 aromatic rings. The van der Waals surface area contributed by atoms with E-state index in [2.05, 4.69) is 9.97 Å². The molecule has 0 saturated heterocycles. The fourth-order valence-electron chi connectivity index (χ4n) is 4.08. The van der Waals surface area contributed by atoms with Crippen LogP contribution in [0.4, 0.5) is 4.39 Å². The molecular weight excluding hydrogens is 405 g/mol. The Bertz CT molecular complexity index is 1260. The molecule has 0 aliphatic carbocycles. The number of halogens is 1. The van der Waals surface area contributed by atoms with E-state index in [1.807, 2.05) is 32.1 Å². The molecule has 6 nitrogen and oxygen atoms in total. The molecule has 0 bridgehead atoms. The van der Waals surface area contributed by atoms with Crippen molar-refractivity contribution in [2.75, 3.05) is 26.5 Å². The van der Waals surface area contributed by atoms with E-state index < -0.39 is 10.0 Å². The molecule has 0 unspecified atom stereocenters. The number of benzene rings is 1. The van der Waals surface area contributed by atoms with E-state index >= 15 is 0 Å². The van der Waals surface area contributed by atoms with Crippen LogP contribution >= 0.6 is 0 Å².